The molecule has 3 amide bonds. The van der Waals surface area contributed by atoms with Gasteiger partial charge in [-0.2, -0.15) is 5.06 Å². The second-order valence-electron chi connectivity index (χ2n) is 3.91. The predicted molar refractivity (Wildman–Crippen MR) is 62.1 cm³/mol. The smallest absolute Gasteiger partial charge is 0.348 e. The molecule has 1 saturated heterocycles. The third-order valence-electron chi connectivity index (χ3n) is 2.63. The zero-order valence-electron chi connectivity index (χ0n) is 9.70. The van der Waals surface area contributed by atoms with Crippen LogP contribution in [0.5, 0.6) is 0 Å². The Balaban J connectivity index is 1.98. The number of imide groups is 1. The monoisotopic (exact) mass is 250 g/mol. The molecule has 1 atom stereocenters. The van der Waals surface area contributed by atoms with Crippen LogP contribution in [0.3, 0.4) is 0 Å². The van der Waals surface area contributed by atoms with E-state index in [4.69, 9.17) is 9.94 Å². The molecule has 0 aliphatic carbocycles. The van der Waals surface area contributed by atoms with Crippen molar-refractivity contribution in [3.05, 3.63) is 35.9 Å². The average Bonchev–Trinajstić information content (AvgIpc) is 2.64. The molecule has 1 unspecified atom stereocenters. The molecule has 96 valence electrons. The molecule has 2 N–H and O–H groups in total. The van der Waals surface area contributed by atoms with Gasteiger partial charge in [0.1, 0.15) is 12.6 Å². The SMILES string of the molecule is O=C1NC(=O)N(OCc2ccccc2)C1CCO. The van der Waals surface area contributed by atoms with Crippen molar-refractivity contribution >= 4 is 11.9 Å². The maximum Gasteiger partial charge on any atom is 0.348 e. The minimum atomic E-state index is -0.758. The van der Waals surface area contributed by atoms with Gasteiger partial charge in [-0.15, -0.1) is 0 Å². The maximum atomic E-state index is 11.5. The fourth-order valence-electron chi connectivity index (χ4n) is 1.73. The molecule has 1 aromatic carbocycles. The van der Waals surface area contributed by atoms with Gasteiger partial charge in [-0.05, 0) is 5.56 Å². The van der Waals surface area contributed by atoms with Crippen molar-refractivity contribution < 1.29 is 19.5 Å². The van der Waals surface area contributed by atoms with Crippen LogP contribution in [0.25, 0.3) is 0 Å². The van der Waals surface area contributed by atoms with Crippen LogP contribution < -0.4 is 5.32 Å². The van der Waals surface area contributed by atoms with Crippen LogP contribution in [-0.4, -0.2) is 34.8 Å². The summed E-state index contributed by atoms with van der Waals surface area (Å²) in [6.07, 6.45) is 0.159. The molecule has 2 rings (SSSR count). The molecule has 0 radical (unpaired) electrons. The highest BCUT2D eigenvalue weighted by molar-refractivity contribution is 6.03. The number of carbonyl (C=O) groups excluding carboxylic acids is 2. The van der Waals surface area contributed by atoms with E-state index in [1.165, 1.54) is 0 Å². The van der Waals surface area contributed by atoms with Crippen LogP contribution >= 0.6 is 0 Å². The van der Waals surface area contributed by atoms with Gasteiger partial charge in [-0.1, -0.05) is 30.3 Å². The number of aliphatic hydroxyl groups excluding tert-OH is 1. The van der Waals surface area contributed by atoms with Crippen LogP contribution in [0.4, 0.5) is 4.79 Å². The molecule has 1 aliphatic rings. The highest BCUT2D eigenvalue weighted by Crippen LogP contribution is 2.14. The third-order valence-corrected chi connectivity index (χ3v) is 2.63. The normalized spacial score (nSPS) is 19.2. The van der Waals surface area contributed by atoms with E-state index in [2.05, 4.69) is 5.32 Å². The summed E-state index contributed by atoms with van der Waals surface area (Å²) >= 11 is 0. The second kappa shape index (κ2) is 5.61. The van der Waals surface area contributed by atoms with Crippen molar-refractivity contribution in [2.45, 2.75) is 19.1 Å². The summed E-state index contributed by atoms with van der Waals surface area (Å²) in [7, 11) is 0. The quantitative estimate of drug-likeness (QED) is 0.742. The van der Waals surface area contributed by atoms with Gasteiger partial charge in [0.2, 0.25) is 0 Å². The Kier molecular flexibility index (Phi) is 3.91. The summed E-state index contributed by atoms with van der Waals surface area (Å²) in [5.74, 6) is -0.442. The van der Waals surface area contributed by atoms with E-state index in [-0.39, 0.29) is 19.6 Å². The van der Waals surface area contributed by atoms with Gasteiger partial charge in [0, 0.05) is 13.0 Å². The molecule has 6 nitrogen and oxygen atoms in total. The first-order valence-electron chi connectivity index (χ1n) is 5.64. The number of nitrogens with zero attached hydrogens (tertiary/aromatic N) is 1. The van der Waals surface area contributed by atoms with Gasteiger partial charge < -0.3 is 5.11 Å². The van der Waals surface area contributed by atoms with Crippen LogP contribution in [0.1, 0.15) is 12.0 Å². The Morgan fingerprint density at radius 3 is 2.67 bits per heavy atom. The molecule has 1 fully saturated rings. The van der Waals surface area contributed by atoms with Crippen molar-refractivity contribution in [2.75, 3.05) is 6.61 Å². The van der Waals surface area contributed by atoms with Crippen molar-refractivity contribution in [1.82, 2.24) is 10.4 Å². The molecular formula is C12H14N2O4. The Bertz CT molecular complexity index is 435. The lowest BCUT2D eigenvalue weighted by Gasteiger charge is -2.20. The van der Waals surface area contributed by atoms with E-state index < -0.39 is 18.0 Å². The summed E-state index contributed by atoms with van der Waals surface area (Å²) in [5.41, 5.74) is 0.896. The van der Waals surface area contributed by atoms with Crippen molar-refractivity contribution in [3.8, 4) is 0 Å². The first-order valence-corrected chi connectivity index (χ1v) is 5.64. The lowest BCUT2D eigenvalue weighted by molar-refractivity contribution is -0.155. The number of amides is 3. The maximum absolute atomic E-state index is 11.5. The number of rotatable bonds is 5. The van der Waals surface area contributed by atoms with Gasteiger partial charge in [-0.25, -0.2) is 4.79 Å². The van der Waals surface area contributed by atoms with Gasteiger partial charge in [0.15, 0.2) is 0 Å². The predicted octanol–water partition coefficient (Wildman–Crippen LogP) is 0.421. The second-order valence-corrected chi connectivity index (χ2v) is 3.91. The average molecular weight is 250 g/mol. The van der Waals surface area contributed by atoms with E-state index in [1.807, 2.05) is 30.3 Å². The van der Waals surface area contributed by atoms with Crippen LogP contribution in [0, 0.1) is 0 Å². The van der Waals surface area contributed by atoms with E-state index in [9.17, 15) is 9.59 Å². The standard InChI is InChI=1S/C12H14N2O4/c15-7-6-10-11(16)13-12(17)14(10)18-8-9-4-2-1-3-5-9/h1-5,10,15H,6-8H2,(H,13,16,17). The zero-order valence-corrected chi connectivity index (χ0v) is 9.70. The minimum absolute atomic E-state index is 0.159. The van der Waals surface area contributed by atoms with Gasteiger partial charge >= 0.3 is 6.03 Å². The van der Waals surface area contributed by atoms with Crippen LogP contribution in [-0.2, 0) is 16.2 Å². The van der Waals surface area contributed by atoms with Crippen LogP contribution in [0.15, 0.2) is 30.3 Å². The number of benzene rings is 1. The number of carbonyl (C=O) groups is 2. The summed E-state index contributed by atoms with van der Waals surface area (Å²) in [4.78, 5) is 28.2. The van der Waals surface area contributed by atoms with Gasteiger partial charge in [0.05, 0.1) is 0 Å². The number of aliphatic hydroxyl groups is 1. The summed E-state index contributed by atoms with van der Waals surface area (Å²) in [6.45, 7) is 0.0139. The molecule has 1 aliphatic heterocycles. The zero-order chi connectivity index (χ0) is 13.0. The number of hydrogen-bond donors (Lipinski definition) is 2. The van der Waals surface area contributed by atoms with Crippen molar-refractivity contribution in [1.29, 1.82) is 0 Å². The van der Waals surface area contributed by atoms with Gasteiger partial charge in [-0.3, -0.25) is 14.9 Å². The highest BCUT2D eigenvalue weighted by Gasteiger charge is 2.39. The van der Waals surface area contributed by atoms with E-state index in [0.717, 1.165) is 10.6 Å². The Morgan fingerprint density at radius 2 is 2.00 bits per heavy atom. The number of hydrogen-bond acceptors (Lipinski definition) is 4. The lowest BCUT2D eigenvalue weighted by Crippen LogP contribution is -2.35. The fourth-order valence-corrected chi connectivity index (χ4v) is 1.73. The summed E-state index contributed by atoms with van der Waals surface area (Å²) in [6, 6.07) is 7.97. The molecule has 0 bridgehead atoms. The molecule has 0 aromatic heterocycles. The number of hydroxylamine groups is 2. The topological polar surface area (TPSA) is 78.9 Å². The summed E-state index contributed by atoms with van der Waals surface area (Å²) in [5, 5.41) is 12.0. The van der Waals surface area contributed by atoms with Crippen molar-refractivity contribution in [3.63, 3.8) is 0 Å². The summed E-state index contributed by atoms with van der Waals surface area (Å²) < 4.78 is 0. The fraction of sp³-hybridized carbons (Fsp3) is 0.333. The number of nitrogens with one attached hydrogen (secondary N) is 1. The van der Waals surface area contributed by atoms with Gasteiger partial charge in [0.25, 0.3) is 5.91 Å². The molecular weight excluding hydrogens is 236 g/mol. The van der Waals surface area contributed by atoms with E-state index >= 15 is 0 Å². The first-order chi connectivity index (χ1) is 8.72. The van der Waals surface area contributed by atoms with Crippen LogP contribution in [0.2, 0.25) is 0 Å². The lowest BCUT2D eigenvalue weighted by atomic mass is 10.2. The first kappa shape index (κ1) is 12.5. The Labute approximate surface area is 104 Å². The van der Waals surface area contributed by atoms with Crippen molar-refractivity contribution in [2.24, 2.45) is 0 Å². The molecule has 1 aromatic rings. The highest BCUT2D eigenvalue weighted by atomic mass is 16.7. The molecule has 0 spiro atoms. The molecule has 0 saturated carbocycles. The number of urea groups is 1. The van der Waals surface area contributed by atoms with E-state index in [1.54, 1.807) is 0 Å². The van der Waals surface area contributed by atoms with E-state index in [0.29, 0.717) is 0 Å². The Morgan fingerprint density at radius 1 is 1.28 bits per heavy atom. The third kappa shape index (κ3) is 2.66. The molecule has 6 heteroatoms. The Hall–Kier alpha value is -1.92. The largest absolute Gasteiger partial charge is 0.396 e. The molecule has 1 heterocycles. The molecule has 18 heavy (non-hydrogen) atoms. The minimum Gasteiger partial charge on any atom is -0.396 e.